The van der Waals surface area contributed by atoms with Crippen molar-refractivity contribution in [1.82, 2.24) is 4.72 Å². The number of hydrogen-bond acceptors (Lipinski definition) is 6. The molecule has 8 heteroatoms. The van der Waals surface area contributed by atoms with Crippen LogP contribution in [0.1, 0.15) is 4.88 Å². The van der Waals surface area contributed by atoms with Crippen molar-refractivity contribution in [2.24, 2.45) is 5.73 Å². The lowest BCUT2D eigenvalue weighted by Crippen LogP contribution is -2.35. The summed E-state index contributed by atoms with van der Waals surface area (Å²) in [4.78, 5) is 0.829. The molecule has 6 nitrogen and oxygen atoms in total. The molecule has 3 N–H and O–H groups in total. The van der Waals surface area contributed by atoms with Crippen LogP contribution >= 0.6 is 11.3 Å². The van der Waals surface area contributed by atoms with E-state index in [0.717, 1.165) is 16.2 Å². The Hall–Kier alpha value is -0.510. The Balaban J connectivity index is 2.64. The molecule has 1 unspecified atom stereocenters. The van der Waals surface area contributed by atoms with Crippen molar-refractivity contribution in [3.63, 3.8) is 0 Å². The first kappa shape index (κ1) is 15.5. The Labute approximate surface area is 111 Å². The number of nitrogens with one attached hydrogen (secondary N) is 1. The summed E-state index contributed by atoms with van der Waals surface area (Å²) >= 11 is 1.16. The second-order valence-corrected chi connectivity index (χ2v) is 6.75. The Morgan fingerprint density at radius 1 is 1.44 bits per heavy atom. The van der Waals surface area contributed by atoms with Gasteiger partial charge in [-0.2, -0.15) is 0 Å². The number of nitrogens with two attached hydrogens (primary N) is 1. The van der Waals surface area contributed by atoms with Crippen LogP contribution in [0.25, 0.3) is 0 Å². The summed E-state index contributed by atoms with van der Waals surface area (Å²) in [5.41, 5.74) is 5.45. The van der Waals surface area contributed by atoms with Crippen LogP contribution in [0.15, 0.2) is 16.3 Å². The number of hydrogen-bond donors (Lipinski definition) is 2. The molecule has 1 aromatic heterocycles. The first-order chi connectivity index (χ1) is 8.53. The van der Waals surface area contributed by atoms with Gasteiger partial charge in [0.05, 0.1) is 12.7 Å². The molecule has 0 radical (unpaired) electrons. The van der Waals surface area contributed by atoms with Crippen LogP contribution in [0.4, 0.5) is 0 Å². The second-order valence-electron chi connectivity index (χ2n) is 3.59. The molecular formula is C10H18N2O4S2. The monoisotopic (exact) mass is 294 g/mol. The molecule has 0 fully saturated rings. The highest BCUT2D eigenvalue weighted by molar-refractivity contribution is 7.91. The third kappa shape index (κ3) is 4.30. The van der Waals surface area contributed by atoms with Crippen molar-refractivity contribution < 1.29 is 17.9 Å². The zero-order chi connectivity index (χ0) is 13.6. The van der Waals surface area contributed by atoms with Gasteiger partial charge >= 0.3 is 0 Å². The highest BCUT2D eigenvalue weighted by atomic mass is 32.2. The van der Waals surface area contributed by atoms with Crippen molar-refractivity contribution in [2.45, 2.75) is 16.9 Å². The molecule has 0 spiro atoms. The van der Waals surface area contributed by atoms with Gasteiger partial charge in [-0.3, -0.25) is 0 Å². The van der Waals surface area contributed by atoms with E-state index >= 15 is 0 Å². The lowest BCUT2D eigenvalue weighted by molar-refractivity contribution is 0.0320. The molecule has 0 aliphatic heterocycles. The van der Waals surface area contributed by atoms with Gasteiger partial charge in [-0.05, 0) is 12.1 Å². The largest absolute Gasteiger partial charge is 0.382 e. The maximum Gasteiger partial charge on any atom is 0.250 e. The van der Waals surface area contributed by atoms with Gasteiger partial charge in [-0.25, -0.2) is 13.1 Å². The number of thiophene rings is 1. The molecule has 18 heavy (non-hydrogen) atoms. The summed E-state index contributed by atoms with van der Waals surface area (Å²) in [6, 6.07) is 3.26. The van der Waals surface area contributed by atoms with Crippen LogP contribution in [-0.2, 0) is 26.0 Å². The van der Waals surface area contributed by atoms with Crippen LogP contribution in [0.2, 0.25) is 0 Å². The number of rotatable bonds is 8. The summed E-state index contributed by atoms with van der Waals surface area (Å²) < 4.78 is 36.6. The van der Waals surface area contributed by atoms with E-state index in [2.05, 4.69) is 4.72 Å². The molecule has 0 aliphatic carbocycles. The van der Waals surface area contributed by atoms with Gasteiger partial charge in [0.15, 0.2) is 0 Å². The van der Waals surface area contributed by atoms with Crippen LogP contribution in [0.5, 0.6) is 0 Å². The molecule has 1 heterocycles. The highest BCUT2D eigenvalue weighted by Gasteiger charge is 2.18. The zero-order valence-corrected chi connectivity index (χ0v) is 12.0. The van der Waals surface area contributed by atoms with E-state index in [0.29, 0.717) is 13.2 Å². The number of sulfonamides is 1. The Morgan fingerprint density at radius 3 is 2.67 bits per heavy atom. The Kier molecular flexibility index (Phi) is 6.19. The fourth-order valence-corrected chi connectivity index (χ4v) is 3.63. The fourth-order valence-electron chi connectivity index (χ4n) is 1.28. The van der Waals surface area contributed by atoms with Gasteiger partial charge in [0.1, 0.15) is 4.21 Å². The third-order valence-electron chi connectivity index (χ3n) is 2.29. The van der Waals surface area contributed by atoms with E-state index in [-0.39, 0.29) is 16.9 Å². The van der Waals surface area contributed by atoms with E-state index in [1.54, 1.807) is 12.1 Å². The molecule has 1 rings (SSSR count). The van der Waals surface area contributed by atoms with Gasteiger partial charge in [0.25, 0.3) is 0 Å². The first-order valence-corrected chi connectivity index (χ1v) is 7.63. The van der Waals surface area contributed by atoms with E-state index < -0.39 is 10.0 Å². The molecule has 0 bridgehead atoms. The highest BCUT2D eigenvalue weighted by Crippen LogP contribution is 2.20. The predicted octanol–water partition coefficient (Wildman–Crippen LogP) is 0.147. The van der Waals surface area contributed by atoms with Crippen LogP contribution in [-0.4, -0.2) is 41.9 Å². The van der Waals surface area contributed by atoms with Gasteiger partial charge in [0.2, 0.25) is 10.0 Å². The number of methoxy groups -OCH3 is 2. The molecule has 0 aromatic carbocycles. The van der Waals surface area contributed by atoms with Gasteiger partial charge in [0, 0.05) is 32.2 Å². The van der Waals surface area contributed by atoms with Gasteiger partial charge in [-0.1, -0.05) is 0 Å². The first-order valence-electron chi connectivity index (χ1n) is 5.33. The van der Waals surface area contributed by atoms with E-state index in [9.17, 15) is 8.42 Å². The van der Waals surface area contributed by atoms with Crippen molar-refractivity contribution in [3.05, 3.63) is 17.0 Å². The van der Waals surface area contributed by atoms with Gasteiger partial charge in [-0.15, -0.1) is 11.3 Å². The molecule has 1 aromatic rings. The Bertz CT molecular complexity index is 458. The molecule has 0 saturated heterocycles. The topological polar surface area (TPSA) is 90.7 Å². The van der Waals surface area contributed by atoms with E-state index in [4.69, 9.17) is 15.2 Å². The maximum atomic E-state index is 11.9. The summed E-state index contributed by atoms with van der Waals surface area (Å²) in [6.45, 7) is 0.838. The molecule has 0 saturated carbocycles. The van der Waals surface area contributed by atoms with Crippen LogP contribution < -0.4 is 10.5 Å². The summed E-state index contributed by atoms with van der Waals surface area (Å²) in [7, 11) is -0.451. The normalized spacial score (nSPS) is 13.7. The van der Waals surface area contributed by atoms with E-state index in [1.165, 1.54) is 14.2 Å². The fraction of sp³-hybridized carbons (Fsp3) is 0.600. The minimum absolute atomic E-state index is 0.169. The standard InChI is InChI=1S/C10H18N2O4S2/c1-15-7-8(16-2)6-12-18(13,14)10-4-3-9(5-11)17-10/h3-4,8,12H,5-7,11H2,1-2H3. The Morgan fingerprint density at radius 2 is 2.17 bits per heavy atom. The average Bonchev–Trinajstić information content (AvgIpc) is 2.84. The quantitative estimate of drug-likeness (QED) is 0.712. The molecular weight excluding hydrogens is 276 g/mol. The van der Waals surface area contributed by atoms with Crippen molar-refractivity contribution in [2.75, 3.05) is 27.4 Å². The van der Waals surface area contributed by atoms with Crippen molar-refractivity contribution >= 4 is 21.4 Å². The van der Waals surface area contributed by atoms with Gasteiger partial charge < -0.3 is 15.2 Å². The second kappa shape index (κ2) is 7.17. The van der Waals surface area contributed by atoms with Crippen molar-refractivity contribution in [3.8, 4) is 0 Å². The molecule has 104 valence electrons. The van der Waals surface area contributed by atoms with E-state index in [1.807, 2.05) is 0 Å². The summed E-state index contributed by atoms with van der Waals surface area (Å²) in [6.07, 6.45) is -0.307. The van der Waals surface area contributed by atoms with Crippen LogP contribution in [0, 0.1) is 0 Å². The molecule has 0 amide bonds. The zero-order valence-electron chi connectivity index (χ0n) is 10.4. The lowest BCUT2D eigenvalue weighted by Gasteiger charge is -2.14. The summed E-state index contributed by atoms with van der Waals surface area (Å²) in [5.74, 6) is 0. The number of ether oxygens (including phenoxy) is 2. The average molecular weight is 294 g/mol. The smallest absolute Gasteiger partial charge is 0.250 e. The molecule has 1 atom stereocenters. The minimum Gasteiger partial charge on any atom is -0.382 e. The maximum absolute atomic E-state index is 11.9. The molecule has 0 aliphatic rings. The summed E-state index contributed by atoms with van der Waals surface area (Å²) in [5, 5.41) is 0. The SMILES string of the molecule is COCC(CNS(=O)(=O)c1ccc(CN)s1)OC. The lowest BCUT2D eigenvalue weighted by atomic mass is 10.4. The van der Waals surface area contributed by atoms with Crippen LogP contribution in [0.3, 0.4) is 0 Å². The predicted molar refractivity (Wildman–Crippen MR) is 70.1 cm³/mol. The third-order valence-corrected chi connectivity index (χ3v) is 5.31. The minimum atomic E-state index is -3.50. The van der Waals surface area contributed by atoms with Crippen molar-refractivity contribution in [1.29, 1.82) is 0 Å².